The second-order valence-corrected chi connectivity index (χ2v) is 7.00. The van der Waals surface area contributed by atoms with Crippen LogP contribution in [0.4, 0.5) is 5.69 Å². The number of Topliss-reactive ketones (excluding diaryl/α,β-unsaturated/α-hetero) is 1. The van der Waals surface area contributed by atoms with Gasteiger partial charge < -0.3 is 14.8 Å². The molecule has 0 saturated carbocycles. The average molecular weight is 404 g/mol. The second-order valence-electron chi connectivity index (χ2n) is 6.57. The van der Waals surface area contributed by atoms with Crippen molar-refractivity contribution >= 4 is 34.9 Å². The summed E-state index contributed by atoms with van der Waals surface area (Å²) in [5, 5.41) is 3.12. The van der Waals surface area contributed by atoms with Gasteiger partial charge in [0, 0.05) is 22.7 Å². The van der Waals surface area contributed by atoms with Crippen LogP contribution in [0.15, 0.2) is 42.5 Å². The molecule has 0 fully saturated rings. The quantitative estimate of drug-likeness (QED) is 0.522. The van der Waals surface area contributed by atoms with E-state index in [4.69, 9.17) is 21.1 Å². The largest absolute Gasteiger partial charge is 0.496 e. The monoisotopic (exact) mass is 403 g/mol. The lowest BCUT2D eigenvalue weighted by Crippen LogP contribution is -2.16. The third-order valence-electron chi connectivity index (χ3n) is 3.80. The fourth-order valence-corrected chi connectivity index (χ4v) is 2.63. The van der Waals surface area contributed by atoms with Gasteiger partial charge in [-0.15, -0.1) is 0 Å². The number of carbonyl (C=O) groups excluding carboxylic acids is 3. The molecule has 1 amide bonds. The molecular formula is C21H22ClNO5. The van der Waals surface area contributed by atoms with Crippen molar-refractivity contribution in [1.29, 1.82) is 0 Å². The molecule has 2 rings (SSSR count). The lowest BCUT2D eigenvalue weighted by atomic mass is 10.1. The van der Waals surface area contributed by atoms with Gasteiger partial charge in [-0.25, -0.2) is 4.79 Å². The average Bonchev–Trinajstić information content (AvgIpc) is 2.65. The van der Waals surface area contributed by atoms with Crippen molar-refractivity contribution < 1.29 is 23.9 Å². The van der Waals surface area contributed by atoms with Gasteiger partial charge in [-0.1, -0.05) is 25.4 Å². The third kappa shape index (κ3) is 6.09. The van der Waals surface area contributed by atoms with Gasteiger partial charge in [-0.2, -0.15) is 0 Å². The smallest absolute Gasteiger partial charge is 0.342 e. The number of hydrogen-bond acceptors (Lipinski definition) is 5. The number of ether oxygens (including phenoxy) is 2. The van der Waals surface area contributed by atoms with Crippen LogP contribution in [-0.2, 0) is 9.53 Å². The van der Waals surface area contributed by atoms with Crippen LogP contribution < -0.4 is 10.1 Å². The van der Waals surface area contributed by atoms with E-state index in [0.717, 1.165) is 0 Å². The number of anilines is 1. The molecule has 0 aliphatic heterocycles. The molecular weight excluding hydrogens is 382 g/mol. The highest BCUT2D eigenvalue weighted by molar-refractivity contribution is 6.31. The lowest BCUT2D eigenvalue weighted by Gasteiger charge is -2.10. The zero-order valence-corrected chi connectivity index (χ0v) is 16.7. The van der Waals surface area contributed by atoms with E-state index in [9.17, 15) is 14.4 Å². The first-order valence-corrected chi connectivity index (χ1v) is 9.11. The van der Waals surface area contributed by atoms with Crippen molar-refractivity contribution in [2.24, 2.45) is 5.92 Å². The number of halogens is 1. The highest BCUT2D eigenvalue weighted by Crippen LogP contribution is 2.23. The Labute approximate surface area is 168 Å². The van der Waals surface area contributed by atoms with Crippen molar-refractivity contribution in [3.63, 3.8) is 0 Å². The molecule has 0 aromatic heterocycles. The summed E-state index contributed by atoms with van der Waals surface area (Å²) in [6, 6.07) is 11.0. The molecule has 7 heteroatoms. The number of rotatable bonds is 8. The van der Waals surface area contributed by atoms with Crippen molar-refractivity contribution in [3.8, 4) is 5.75 Å². The van der Waals surface area contributed by atoms with E-state index in [0.29, 0.717) is 28.4 Å². The summed E-state index contributed by atoms with van der Waals surface area (Å²) in [5.74, 6) is -0.588. The highest BCUT2D eigenvalue weighted by Gasteiger charge is 2.17. The maximum atomic E-state index is 12.3. The summed E-state index contributed by atoms with van der Waals surface area (Å²) in [6.45, 7) is 3.50. The van der Waals surface area contributed by atoms with Crippen LogP contribution in [0, 0.1) is 5.92 Å². The number of esters is 1. The molecule has 0 saturated heterocycles. The Bertz CT molecular complexity index is 862. The van der Waals surface area contributed by atoms with Crippen LogP contribution in [0.5, 0.6) is 5.75 Å². The van der Waals surface area contributed by atoms with Gasteiger partial charge in [-0.3, -0.25) is 9.59 Å². The van der Waals surface area contributed by atoms with Crippen molar-refractivity contribution in [1.82, 2.24) is 0 Å². The van der Waals surface area contributed by atoms with Gasteiger partial charge >= 0.3 is 5.97 Å². The molecule has 0 heterocycles. The summed E-state index contributed by atoms with van der Waals surface area (Å²) in [5.41, 5.74) is 1.11. The van der Waals surface area contributed by atoms with E-state index in [1.165, 1.54) is 13.2 Å². The molecule has 148 valence electrons. The van der Waals surface area contributed by atoms with E-state index in [1.54, 1.807) is 36.4 Å². The first-order valence-electron chi connectivity index (χ1n) is 8.74. The number of hydrogen-bond donors (Lipinski definition) is 1. The van der Waals surface area contributed by atoms with Gasteiger partial charge in [0.25, 0.3) is 0 Å². The normalized spacial score (nSPS) is 10.5. The number of nitrogens with one attached hydrogen (secondary N) is 1. The fourth-order valence-electron chi connectivity index (χ4n) is 2.45. The van der Waals surface area contributed by atoms with Gasteiger partial charge in [0.05, 0.1) is 7.11 Å². The number of amides is 1. The molecule has 0 aliphatic carbocycles. The van der Waals surface area contributed by atoms with E-state index in [1.807, 2.05) is 13.8 Å². The Morgan fingerprint density at radius 2 is 1.75 bits per heavy atom. The van der Waals surface area contributed by atoms with Crippen molar-refractivity contribution in [2.45, 2.75) is 20.3 Å². The molecule has 0 radical (unpaired) electrons. The van der Waals surface area contributed by atoms with E-state index >= 15 is 0 Å². The maximum Gasteiger partial charge on any atom is 0.342 e. The minimum absolute atomic E-state index is 0.0847. The summed E-state index contributed by atoms with van der Waals surface area (Å²) >= 11 is 5.89. The zero-order chi connectivity index (χ0) is 20.7. The molecule has 28 heavy (non-hydrogen) atoms. The number of carbonyl (C=O) groups is 3. The van der Waals surface area contributed by atoms with Gasteiger partial charge in [0.1, 0.15) is 11.3 Å². The standard InChI is InChI=1S/C21H22ClNO5/c1-13(2)10-20(25)23-16-7-4-14(5-8-16)18(24)12-28-21(26)17-11-15(22)6-9-19(17)27-3/h4-9,11,13H,10,12H2,1-3H3,(H,23,25). The van der Waals surface area contributed by atoms with Crippen LogP contribution in [0.3, 0.4) is 0 Å². The number of methoxy groups -OCH3 is 1. The molecule has 2 aromatic rings. The van der Waals surface area contributed by atoms with Crippen molar-refractivity contribution in [3.05, 3.63) is 58.6 Å². The molecule has 0 spiro atoms. The van der Waals surface area contributed by atoms with Crippen LogP contribution in [0.2, 0.25) is 5.02 Å². The molecule has 6 nitrogen and oxygen atoms in total. The van der Waals surface area contributed by atoms with E-state index < -0.39 is 12.6 Å². The topological polar surface area (TPSA) is 81.7 Å². The molecule has 2 aromatic carbocycles. The van der Waals surface area contributed by atoms with Crippen molar-refractivity contribution in [2.75, 3.05) is 19.0 Å². The Hall–Kier alpha value is -2.86. The summed E-state index contributed by atoms with van der Waals surface area (Å²) in [7, 11) is 1.42. The first kappa shape index (κ1) is 21.4. The summed E-state index contributed by atoms with van der Waals surface area (Å²) in [4.78, 5) is 36.2. The van der Waals surface area contributed by atoms with Gasteiger partial charge in [-0.05, 0) is 48.4 Å². The van der Waals surface area contributed by atoms with E-state index in [2.05, 4.69) is 5.32 Å². The summed E-state index contributed by atoms with van der Waals surface area (Å²) in [6.07, 6.45) is 0.420. The lowest BCUT2D eigenvalue weighted by molar-refractivity contribution is -0.116. The molecule has 1 N–H and O–H groups in total. The Kier molecular flexibility index (Phi) is 7.58. The summed E-state index contributed by atoms with van der Waals surface area (Å²) < 4.78 is 10.2. The van der Waals surface area contributed by atoms with Gasteiger partial charge in [0.15, 0.2) is 12.4 Å². The highest BCUT2D eigenvalue weighted by atomic mass is 35.5. The minimum Gasteiger partial charge on any atom is -0.496 e. The fraction of sp³-hybridized carbons (Fsp3) is 0.286. The minimum atomic E-state index is -0.703. The number of ketones is 1. The van der Waals surface area contributed by atoms with Crippen LogP contribution in [0.1, 0.15) is 41.0 Å². The Morgan fingerprint density at radius 1 is 1.07 bits per heavy atom. The number of benzene rings is 2. The Morgan fingerprint density at radius 3 is 2.36 bits per heavy atom. The zero-order valence-electron chi connectivity index (χ0n) is 16.0. The first-order chi connectivity index (χ1) is 13.3. The second kappa shape index (κ2) is 9.90. The Balaban J connectivity index is 1.95. The molecule has 0 unspecified atom stereocenters. The van der Waals surface area contributed by atoms with E-state index in [-0.39, 0.29) is 23.2 Å². The predicted molar refractivity (Wildman–Crippen MR) is 107 cm³/mol. The predicted octanol–water partition coefficient (Wildman–Crippen LogP) is 4.37. The van der Waals surface area contributed by atoms with Gasteiger partial charge in [0.2, 0.25) is 5.91 Å². The molecule has 0 atom stereocenters. The molecule has 0 aliphatic rings. The maximum absolute atomic E-state index is 12.3. The SMILES string of the molecule is COc1ccc(Cl)cc1C(=O)OCC(=O)c1ccc(NC(=O)CC(C)C)cc1. The van der Waals surface area contributed by atoms with Crippen LogP contribution in [0.25, 0.3) is 0 Å². The van der Waals surface area contributed by atoms with Crippen LogP contribution >= 0.6 is 11.6 Å². The molecule has 0 bridgehead atoms. The third-order valence-corrected chi connectivity index (χ3v) is 4.04. The van der Waals surface area contributed by atoms with Crippen LogP contribution in [-0.4, -0.2) is 31.4 Å².